The van der Waals surface area contributed by atoms with E-state index in [4.69, 9.17) is 14.2 Å². The summed E-state index contributed by atoms with van der Waals surface area (Å²) in [6.45, 7) is 2.13. The maximum Gasteiger partial charge on any atom is 0.325 e. The van der Waals surface area contributed by atoms with Crippen molar-refractivity contribution in [3.8, 4) is 11.5 Å². The Kier molecular flexibility index (Phi) is 6.79. The Bertz CT molecular complexity index is 892. The van der Waals surface area contributed by atoms with Gasteiger partial charge in [0, 0.05) is 13.0 Å². The summed E-state index contributed by atoms with van der Waals surface area (Å²) in [6, 6.07) is 13.5. The van der Waals surface area contributed by atoms with Gasteiger partial charge in [-0.15, -0.1) is 0 Å². The first-order valence-electron chi connectivity index (χ1n) is 10.0. The zero-order chi connectivity index (χ0) is 22.4. The van der Waals surface area contributed by atoms with Crippen LogP contribution in [0.25, 0.3) is 0 Å². The molecule has 1 aliphatic rings. The van der Waals surface area contributed by atoms with Gasteiger partial charge < -0.3 is 19.5 Å². The van der Waals surface area contributed by atoms with Crippen molar-refractivity contribution in [3.05, 3.63) is 59.7 Å². The topological polar surface area (TPSA) is 94.2 Å². The number of amides is 3. The van der Waals surface area contributed by atoms with Crippen LogP contribution < -0.4 is 14.8 Å². The Morgan fingerprint density at radius 1 is 0.935 bits per heavy atom. The number of hydrogen-bond donors (Lipinski definition) is 1. The maximum absolute atomic E-state index is 13.6. The summed E-state index contributed by atoms with van der Waals surface area (Å²) < 4.78 is 15.4. The smallest absolute Gasteiger partial charge is 0.325 e. The molecular weight excluding hydrogens is 400 g/mol. The Hall–Kier alpha value is -3.55. The second kappa shape index (κ2) is 9.51. The van der Waals surface area contributed by atoms with Crippen LogP contribution in [0.15, 0.2) is 48.5 Å². The zero-order valence-corrected chi connectivity index (χ0v) is 17.8. The van der Waals surface area contributed by atoms with Gasteiger partial charge in [-0.05, 0) is 48.7 Å². The van der Waals surface area contributed by atoms with Gasteiger partial charge in [0.1, 0.15) is 11.5 Å². The molecule has 1 N–H and O–H groups in total. The van der Waals surface area contributed by atoms with Crippen LogP contribution in [-0.4, -0.2) is 50.2 Å². The quantitative estimate of drug-likeness (QED) is 0.490. The van der Waals surface area contributed by atoms with Crippen molar-refractivity contribution in [1.82, 2.24) is 10.2 Å². The van der Waals surface area contributed by atoms with Crippen molar-refractivity contribution in [2.24, 2.45) is 0 Å². The molecule has 3 amide bonds. The average molecular weight is 426 g/mol. The van der Waals surface area contributed by atoms with E-state index in [1.807, 2.05) is 0 Å². The van der Waals surface area contributed by atoms with Gasteiger partial charge in [0.2, 0.25) is 0 Å². The highest BCUT2D eigenvalue weighted by Gasteiger charge is 2.53. The molecule has 8 heteroatoms. The molecule has 2 aromatic rings. The van der Waals surface area contributed by atoms with E-state index in [1.54, 1.807) is 69.7 Å². The van der Waals surface area contributed by atoms with E-state index in [9.17, 15) is 14.4 Å². The lowest BCUT2D eigenvalue weighted by atomic mass is 9.82. The lowest BCUT2D eigenvalue weighted by Gasteiger charge is -2.28. The number of carbonyl (C=O) groups excluding carboxylic acids is 3. The fourth-order valence-corrected chi connectivity index (χ4v) is 3.63. The SMILES string of the molecule is CCOC(=O)CCCN1C(=O)NC(c2ccc(OC)cc2)(c2ccc(OC)cc2)C1=O. The molecule has 0 saturated carbocycles. The third-order valence-corrected chi connectivity index (χ3v) is 5.22. The van der Waals surface area contributed by atoms with Crippen LogP contribution in [-0.2, 0) is 19.9 Å². The van der Waals surface area contributed by atoms with Gasteiger partial charge in [0.25, 0.3) is 5.91 Å². The molecule has 31 heavy (non-hydrogen) atoms. The maximum atomic E-state index is 13.6. The third kappa shape index (κ3) is 4.33. The molecule has 1 saturated heterocycles. The molecule has 164 valence electrons. The van der Waals surface area contributed by atoms with Gasteiger partial charge in [-0.3, -0.25) is 14.5 Å². The molecule has 0 spiro atoms. The molecular formula is C23H26N2O6. The van der Waals surface area contributed by atoms with Crippen LogP contribution in [0.3, 0.4) is 0 Å². The van der Waals surface area contributed by atoms with Crippen molar-refractivity contribution in [3.63, 3.8) is 0 Å². The van der Waals surface area contributed by atoms with Crippen LogP contribution in [0.4, 0.5) is 4.79 Å². The molecule has 3 rings (SSSR count). The summed E-state index contributed by atoms with van der Waals surface area (Å²) in [6.07, 6.45) is 0.447. The number of rotatable bonds is 9. The highest BCUT2D eigenvalue weighted by molar-refractivity contribution is 6.09. The van der Waals surface area contributed by atoms with Gasteiger partial charge in [-0.1, -0.05) is 24.3 Å². The number of esters is 1. The second-order valence-electron chi connectivity index (χ2n) is 7.00. The number of benzene rings is 2. The number of urea groups is 1. The van der Waals surface area contributed by atoms with E-state index < -0.39 is 17.5 Å². The molecule has 0 aromatic heterocycles. The molecule has 0 atom stereocenters. The van der Waals surface area contributed by atoms with Crippen LogP contribution in [0.1, 0.15) is 30.9 Å². The lowest BCUT2D eigenvalue weighted by molar-refractivity contribution is -0.143. The number of hydrogen-bond acceptors (Lipinski definition) is 6. The number of carbonyl (C=O) groups is 3. The van der Waals surface area contributed by atoms with Crippen molar-refractivity contribution >= 4 is 17.9 Å². The highest BCUT2D eigenvalue weighted by Crippen LogP contribution is 2.37. The van der Waals surface area contributed by atoms with E-state index in [0.717, 1.165) is 4.90 Å². The lowest BCUT2D eigenvalue weighted by Crippen LogP contribution is -2.45. The molecule has 0 bridgehead atoms. The summed E-state index contributed by atoms with van der Waals surface area (Å²) in [4.78, 5) is 39.2. The number of methoxy groups -OCH3 is 2. The largest absolute Gasteiger partial charge is 0.497 e. The molecule has 0 unspecified atom stereocenters. The molecule has 0 aliphatic carbocycles. The van der Waals surface area contributed by atoms with E-state index in [1.165, 1.54) is 0 Å². The van der Waals surface area contributed by atoms with E-state index in [2.05, 4.69) is 5.32 Å². The van der Waals surface area contributed by atoms with Gasteiger partial charge in [0.05, 0.1) is 20.8 Å². The summed E-state index contributed by atoms with van der Waals surface area (Å²) in [5.41, 5.74) is -0.186. The first kappa shape index (κ1) is 22.1. The van der Waals surface area contributed by atoms with Crippen molar-refractivity contribution in [2.75, 3.05) is 27.4 Å². The van der Waals surface area contributed by atoms with Crippen LogP contribution in [0, 0.1) is 0 Å². The predicted octanol–water partition coefficient (Wildman–Crippen LogP) is 2.84. The summed E-state index contributed by atoms with van der Waals surface area (Å²) in [7, 11) is 3.12. The number of imide groups is 1. The fourth-order valence-electron chi connectivity index (χ4n) is 3.63. The van der Waals surface area contributed by atoms with Crippen molar-refractivity contribution < 1.29 is 28.6 Å². The first-order chi connectivity index (χ1) is 15.0. The average Bonchev–Trinajstić information content (AvgIpc) is 3.05. The minimum atomic E-state index is -1.39. The van der Waals surface area contributed by atoms with Gasteiger partial charge in [0.15, 0.2) is 5.54 Å². The molecule has 1 fully saturated rings. The van der Waals surface area contributed by atoms with E-state index in [0.29, 0.717) is 35.7 Å². The number of ether oxygens (including phenoxy) is 3. The van der Waals surface area contributed by atoms with Crippen LogP contribution in [0.5, 0.6) is 11.5 Å². The van der Waals surface area contributed by atoms with Gasteiger partial charge in [-0.2, -0.15) is 0 Å². The monoisotopic (exact) mass is 426 g/mol. The fraction of sp³-hybridized carbons (Fsp3) is 0.348. The summed E-state index contributed by atoms with van der Waals surface area (Å²) >= 11 is 0. The Balaban J connectivity index is 1.95. The van der Waals surface area contributed by atoms with Crippen molar-refractivity contribution in [1.29, 1.82) is 0 Å². The molecule has 2 aromatic carbocycles. The van der Waals surface area contributed by atoms with Crippen molar-refractivity contribution in [2.45, 2.75) is 25.3 Å². The van der Waals surface area contributed by atoms with E-state index in [-0.39, 0.29) is 18.9 Å². The summed E-state index contributed by atoms with van der Waals surface area (Å²) in [5.74, 6) is 0.510. The minimum Gasteiger partial charge on any atom is -0.497 e. The normalized spacial score (nSPS) is 14.9. The van der Waals surface area contributed by atoms with Gasteiger partial charge >= 0.3 is 12.0 Å². The second-order valence-corrected chi connectivity index (χ2v) is 7.00. The molecule has 0 radical (unpaired) electrons. The standard InChI is InChI=1S/C23H26N2O6/c1-4-31-20(26)6-5-15-25-21(27)23(24-22(25)28,16-7-11-18(29-2)12-8-16)17-9-13-19(30-3)14-10-17/h7-14H,4-6,15H2,1-3H3,(H,24,28). The number of nitrogens with one attached hydrogen (secondary N) is 1. The third-order valence-electron chi connectivity index (χ3n) is 5.22. The molecule has 8 nitrogen and oxygen atoms in total. The molecule has 1 aliphatic heterocycles. The Morgan fingerprint density at radius 2 is 1.45 bits per heavy atom. The Labute approximate surface area is 181 Å². The summed E-state index contributed by atoms with van der Waals surface area (Å²) in [5, 5.41) is 2.88. The highest BCUT2D eigenvalue weighted by atomic mass is 16.5. The van der Waals surface area contributed by atoms with Gasteiger partial charge in [-0.25, -0.2) is 4.79 Å². The number of nitrogens with zero attached hydrogens (tertiary/aromatic N) is 1. The van der Waals surface area contributed by atoms with E-state index >= 15 is 0 Å². The van der Waals surface area contributed by atoms with Crippen LogP contribution in [0.2, 0.25) is 0 Å². The van der Waals surface area contributed by atoms with Crippen LogP contribution >= 0.6 is 0 Å². The minimum absolute atomic E-state index is 0.109. The molecule has 1 heterocycles. The zero-order valence-electron chi connectivity index (χ0n) is 17.8. The first-order valence-corrected chi connectivity index (χ1v) is 10.0. The predicted molar refractivity (Wildman–Crippen MR) is 113 cm³/mol. The Morgan fingerprint density at radius 3 is 1.90 bits per heavy atom.